The fourth-order valence-corrected chi connectivity index (χ4v) is 2.63. The lowest BCUT2D eigenvalue weighted by atomic mass is 10.1. The second-order valence-corrected chi connectivity index (χ2v) is 4.55. The molecule has 66 valence electrons. The Labute approximate surface area is 91.0 Å². The molecule has 0 fully saturated rings. The first-order valence-electron chi connectivity index (χ1n) is 3.75. The highest BCUT2D eigenvalue weighted by atomic mass is 32.2. The van der Waals surface area contributed by atoms with Crippen molar-refractivity contribution in [3.05, 3.63) is 35.0 Å². The molecule has 13 heavy (non-hydrogen) atoms. The van der Waals surface area contributed by atoms with Crippen molar-refractivity contribution in [3.8, 4) is 11.1 Å². The Bertz CT molecular complexity index is 455. The van der Waals surface area contributed by atoms with Gasteiger partial charge in [-0.3, -0.25) is 0 Å². The van der Waals surface area contributed by atoms with Gasteiger partial charge in [-0.05, 0) is 5.56 Å². The molecular weight excluding hydrogens is 218 g/mol. The van der Waals surface area contributed by atoms with Gasteiger partial charge in [-0.1, -0.05) is 54.1 Å². The third-order valence-corrected chi connectivity index (χ3v) is 3.38. The Kier molecular flexibility index (Phi) is 2.53. The Morgan fingerprint density at radius 2 is 1.92 bits per heavy atom. The first-order valence-corrected chi connectivity index (χ1v) is 5.42. The number of aromatic amines is 1. The van der Waals surface area contributed by atoms with Gasteiger partial charge in [-0.25, -0.2) is 0 Å². The quantitative estimate of drug-likeness (QED) is 0.558. The number of hydrogen-bond donors (Lipinski definition) is 2. The second kappa shape index (κ2) is 3.65. The lowest BCUT2D eigenvalue weighted by molar-refractivity contribution is 1.50. The summed E-state index contributed by atoms with van der Waals surface area (Å²) in [5.41, 5.74) is 2.15. The lowest BCUT2D eigenvalue weighted by Crippen LogP contribution is -1.74. The van der Waals surface area contributed by atoms with Crippen LogP contribution in [0.2, 0.25) is 0 Å². The molecule has 4 heteroatoms. The van der Waals surface area contributed by atoms with Crippen LogP contribution in [0.1, 0.15) is 0 Å². The molecule has 1 N–H and O–H groups in total. The topological polar surface area (TPSA) is 15.8 Å². The summed E-state index contributed by atoms with van der Waals surface area (Å²) in [7, 11) is 0. The molecule has 0 unspecified atom stereocenters. The van der Waals surface area contributed by atoms with E-state index in [0.717, 1.165) is 20.0 Å². The summed E-state index contributed by atoms with van der Waals surface area (Å²) in [4.78, 5) is 0. The largest absolute Gasteiger partial charge is 0.300 e. The molecule has 0 saturated carbocycles. The Morgan fingerprint density at radius 3 is 2.46 bits per heavy atom. The number of rotatable bonds is 1. The molecular formula is C9H7NS3. The number of hydrogen-bond acceptors (Lipinski definition) is 3. The van der Waals surface area contributed by atoms with E-state index >= 15 is 0 Å². The summed E-state index contributed by atoms with van der Waals surface area (Å²) >= 11 is 11.0. The van der Waals surface area contributed by atoms with Crippen molar-refractivity contribution < 1.29 is 0 Å². The Morgan fingerprint density at radius 1 is 1.23 bits per heavy atom. The normalized spacial score (nSPS) is 10.2. The summed E-state index contributed by atoms with van der Waals surface area (Å²) in [6.07, 6.45) is 0. The van der Waals surface area contributed by atoms with Crippen LogP contribution in [0.4, 0.5) is 0 Å². The zero-order valence-electron chi connectivity index (χ0n) is 6.65. The summed E-state index contributed by atoms with van der Waals surface area (Å²) in [5, 5.41) is 0. The minimum absolute atomic E-state index is 0.765. The lowest BCUT2D eigenvalue weighted by Gasteiger charge is -1.96. The van der Waals surface area contributed by atoms with Gasteiger partial charge in [0.1, 0.15) is 4.64 Å². The predicted octanol–water partition coefficient (Wildman–Crippen LogP) is 3.76. The molecule has 0 atom stereocenters. The molecule has 0 aliphatic carbocycles. The highest BCUT2D eigenvalue weighted by Crippen LogP contribution is 2.30. The highest BCUT2D eigenvalue weighted by molar-refractivity contribution is 7.83. The van der Waals surface area contributed by atoms with E-state index in [0.29, 0.717) is 0 Å². The van der Waals surface area contributed by atoms with Gasteiger partial charge in [0.2, 0.25) is 0 Å². The van der Waals surface area contributed by atoms with Crippen LogP contribution in [0.5, 0.6) is 0 Å². The zero-order valence-corrected chi connectivity index (χ0v) is 9.18. The van der Waals surface area contributed by atoms with E-state index in [1.54, 1.807) is 0 Å². The minimum atomic E-state index is 0.765. The number of nitrogens with one attached hydrogen (secondary N) is 1. The molecule has 2 aromatic rings. The van der Waals surface area contributed by atoms with Crippen molar-refractivity contribution in [2.24, 2.45) is 0 Å². The maximum atomic E-state index is 5.16. The standard InChI is InChI=1S/C9H7NS3/c11-8-7(9(12)13-10-8)6-4-2-1-3-5-6/h1-5,12H,(H,10,11). The smallest absolute Gasteiger partial charge is 0.122 e. The molecule has 0 saturated heterocycles. The van der Waals surface area contributed by atoms with Crippen LogP contribution < -0.4 is 0 Å². The van der Waals surface area contributed by atoms with E-state index in [4.69, 9.17) is 12.2 Å². The molecule has 2 rings (SSSR count). The monoisotopic (exact) mass is 225 g/mol. The van der Waals surface area contributed by atoms with Crippen molar-refractivity contribution in [1.82, 2.24) is 4.37 Å². The van der Waals surface area contributed by atoms with Gasteiger partial charge in [-0.2, -0.15) is 0 Å². The number of H-pyrrole nitrogens is 1. The summed E-state index contributed by atoms with van der Waals surface area (Å²) in [6, 6.07) is 10.0. The number of benzene rings is 1. The van der Waals surface area contributed by atoms with Gasteiger partial charge < -0.3 is 4.37 Å². The third kappa shape index (κ3) is 1.70. The average molecular weight is 225 g/mol. The van der Waals surface area contributed by atoms with Gasteiger partial charge in [0, 0.05) is 5.56 Å². The fourth-order valence-electron chi connectivity index (χ4n) is 1.15. The molecule has 0 aliphatic heterocycles. The maximum Gasteiger partial charge on any atom is 0.122 e. The Balaban J connectivity index is 2.65. The van der Waals surface area contributed by atoms with Crippen molar-refractivity contribution in [2.75, 3.05) is 0 Å². The fraction of sp³-hybridized carbons (Fsp3) is 0. The van der Waals surface area contributed by atoms with E-state index in [1.165, 1.54) is 11.5 Å². The maximum absolute atomic E-state index is 5.16. The first kappa shape index (κ1) is 8.99. The van der Waals surface area contributed by atoms with Crippen molar-refractivity contribution in [1.29, 1.82) is 0 Å². The van der Waals surface area contributed by atoms with E-state index < -0.39 is 0 Å². The molecule has 1 nitrogen and oxygen atoms in total. The summed E-state index contributed by atoms with van der Waals surface area (Å²) in [6.45, 7) is 0. The summed E-state index contributed by atoms with van der Waals surface area (Å²) < 4.78 is 4.72. The zero-order chi connectivity index (χ0) is 9.26. The molecule has 0 amide bonds. The average Bonchev–Trinajstić information content (AvgIpc) is 2.48. The van der Waals surface area contributed by atoms with Gasteiger partial charge >= 0.3 is 0 Å². The second-order valence-electron chi connectivity index (χ2n) is 2.58. The van der Waals surface area contributed by atoms with Crippen LogP contribution >= 0.6 is 36.4 Å². The van der Waals surface area contributed by atoms with Gasteiger partial charge in [0.15, 0.2) is 0 Å². The molecule has 1 heterocycles. The van der Waals surface area contributed by atoms with Crippen molar-refractivity contribution in [2.45, 2.75) is 4.21 Å². The molecule has 0 bridgehead atoms. The predicted molar refractivity (Wildman–Crippen MR) is 62.2 cm³/mol. The number of aromatic nitrogens is 1. The SMILES string of the molecule is S=c1[nH]sc(S)c1-c1ccccc1. The van der Waals surface area contributed by atoms with Crippen LogP contribution in [-0.2, 0) is 0 Å². The van der Waals surface area contributed by atoms with E-state index in [1.807, 2.05) is 30.3 Å². The highest BCUT2D eigenvalue weighted by Gasteiger charge is 2.05. The molecule has 0 aliphatic rings. The Hall–Kier alpha value is -0.580. The van der Waals surface area contributed by atoms with Crippen LogP contribution in [-0.4, -0.2) is 4.37 Å². The van der Waals surface area contributed by atoms with E-state index in [-0.39, 0.29) is 0 Å². The van der Waals surface area contributed by atoms with Crippen LogP contribution in [0, 0.1) is 4.64 Å². The van der Waals surface area contributed by atoms with Crippen molar-refractivity contribution >= 4 is 36.4 Å². The van der Waals surface area contributed by atoms with E-state index in [2.05, 4.69) is 17.0 Å². The van der Waals surface area contributed by atoms with Gasteiger partial charge in [0.25, 0.3) is 0 Å². The van der Waals surface area contributed by atoms with E-state index in [9.17, 15) is 0 Å². The van der Waals surface area contributed by atoms with Gasteiger partial charge in [-0.15, -0.1) is 12.6 Å². The molecule has 1 aromatic heterocycles. The van der Waals surface area contributed by atoms with Crippen LogP contribution in [0.25, 0.3) is 11.1 Å². The van der Waals surface area contributed by atoms with Crippen LogP contribution in [0.3, 0.4) is 0 Å². The minimum Gasteiger partial charge on any atom is -0.300 e. The molecule has 0 spiro atoms. The van der Waals surface area contributed by atoms with Crippen LogP contribution in [0.15, 0.2) is 34.5 Å². The summed E-state index contributed by atoms with van der Waals surface area (Å²) in [5.74, 6) is 0. The molecule has 1 aromatic carbocycles. The van der Waals surface area contributed by atoms with Gasteiger partial charge in [0.05, 0.1) is 4.21 Å². The molecule has 0 radical (unpaired) electrons. The first-order chi connectivity index (χ1) is 6.29. The number of thiol groups is 1. The third-order valence-electron chi connectivity index (χ3n) is 1.74. The van der Waals surface area contributed by atoms with Crippen molar-refractivity contribution in [3.63, 3.8) is 0 Å².